The number of carbonyl (C=O) groups is 2. The number of carbonyl (C=O) groups excluding carboxylic acids is 2. The standard InChI is InChI=1S/C18H21NO5S/c1-3-24-18(21)16-14-6-4-5-7-15(14)19(17(16)20)25(22,23)13-10-8-12(2)9-11-13/h5,7-11,14-16H,3-4,6H2,1-2H3/t14-,15+,16-/m0/s1. The third-order valence-corrected chi connectivity index (χ3v) is 6.55. The normalized spacial score (nSPS) is 25.8. The highest BCUT2D eigenvalue weighted by molar-refractivity contribution is 7.89. The van der Waals surface area contributed by atoms with Crippen molar-refractivity contribution in [1.82, 2.24) is 4.31 Å². The summed E-state index contributed by atoms with van der Waals surface area (Å²) in [5.41, 5.74) is 0.923. The second-order valence-electron chi connectivity index (χ2n) is 6.34. The lowest BCUT2D eigenvalue weighted by atomic mass is 9.83. The highest BCUT2D eigenvalue weighted by Crippen LogP contribution is 2.41. The lowest BCUT2D eigenvalue weighted by Crippen LogP contribution is -2.40. The van der Waals surface area contributed by atoms with Crippen molar-refractivity contribution in [2.45, 2.75) is 37.6 Å². The molecular weight excluding hydrogens is 342 g/mol. The first-order valence-corrected chi connectivity index (χ1v) is 9.80. The highest BCUT2D eigenvalue weighted by atomic mass is 32.2. The molecule has 0 bridgehead atoms. The lowest BCUT2D eigenvalue weighted by molar-refractivity contribution is -0.153. The van der Waals surface area contributed by atoms with E-state index in [1.165, 1.54) is 12.1 Å². The van der Waals surface area contributed by atoms with Gasteiger partial charge in [-0.3, -0.25) is 9.59 Å². The van der Waals surface area contributed by atoms with Gasteiger partial charge in [0.25, 0.3) is 15.9 Å². The number of aryl methyl sites for hydroxylation is 1. The molecule has 0 spiro atoms. The summed E-state index contributed by atoms with van der Waals surface area (Å²) in [4.78, 5) is 25.2. The van der Waals surface area contributed by atoms with Gasteiger partial charge in [0.15, 0.2) is 0 Å². The Morgan fingerprint density at radius 2 is 1.96 bits per heavy atom. The molecule has 1 fully saturated rings. The van der Waals surface area contributed by atoms with Crippen LogP contribution in [0.4, 0.5) is 0 Å². The van der Waals surface area contributed by atoms with Crippen molar-refractivity contribution in [2.75, 3.05) is 6.61 Å². The van der Waals surface area contributed by atoms with E-state index in [9.17, 15) is 18.0 Å². The van der Waals surface area contributed by atoms with Gasteiger partial charge in [-0.2, -0.15) is 0 Å². The number of hydrogen-bond acceptors (Lipinski definition) is 5. The summed E-state index contributed by atoms with van der Waals surface area (Å²) in [5.74, 6) is -2.77. The third-order valence-electron chi connectivity index (χ3n) is 4.74. The predicted octanol–water partition coefficient (Wildman–Crippen LogP) is 2.04. The van der Waals surface area contributed by atoms with Crippen LogP contribution in [0.25, 0.3) is 0 Å². The van der Waals surface area contributed by atoms with Crippen molar-refractivity contribution in [3.05, 3.63) is 42.0 Å². The maximum Gasteiger partial charge on any atom is 0.318 e. The summed E-state index contributed by atoms with van der Waals surface area (Å²) in [6.07, 6.45) is 4.87. The van der Waals surface area contributed by atoms with Gasteiger partial charge in [0.2, 0.25) is 0 Å². The van der Waals surface area contributed by atoms with Gasteiger partial charge in [-0.05, 0) is 38.8 Å². The monoisotopic (exact) mass is 363 g/mol. The van der Waals surface area contributed by atoms with Crippen LogP contribution in [-0.4, -0.2) is 37.2 Å². The van der Waals surface area contributed by atoms with E-state index >= 15 is 0 Å². The summed E-state index contributed by atoms with van der Waals surface area (Å²) in [7, 11) is -4.03. The van der Waals surface area contributed by atoms with Crippen molar-refractivity contribution in [3.8, 4) is 0 Å². The zero-order chi connectivity index (χ0) is 18.2. The molecule has 0 saturated carbocycles. The van der Waals surface area contributed by atoms with E-state index in [1.54, 1.807) is 25.1 Å². The maximum absolute atomic E-state index is 13.1. The van der Waals surface area contributed by atoms with Crippen molar-refractivity contribution in [3.63, 3.8) is 0 Å². The zero-order valence-electron chi connectivity index (χ0n) is 14.2. The van der Waals surface area contributed by atoms with Crippen LogP contribution in [0.2, 0.25) is 0 Å². The highest BCUT2D eigenvalue weighted by Gasteiger charge is 2.55. The van der Waals surface area contributed by atoms with E-state index in [1.807, 2.05) is 13.0 Å². The summed E-state index contributed by atoms with van der Waals surface area (Å²) >= 11 is 0. The van der Waals surface area contributed by atoms with Gasteiger partial charge >= 0.3 is 5.97 Å². The molecular formula is C18H21NO5S. The second-order valence-corrected chi connectivity index (χ2v) is 8.16. The van der Waals surface area contributed by atoms with Gasteiger partial charge in [-0.1, -0.05) is 29.8 Å². The second kappa shape index (κ2) is 6.63. The summed E-state index contributed by atoms with van der Waals surface area (Å²) in [6, 6.07) is 5.70. The largest absolute Gasteiger partial charge is 0.465 e. The van der Waals surface area contributed by atoms with Crippen molar-refractivity contribution in [1.29, 1.82) is 0 Å². The molecule has 1 heterocycles. The molecule has 1 aliphatic heterocycles. The van der Waals surface area contributed by atoms with E-state index in [-0.39, 0.29) is 17.4 Å². The number of hydrogen-bond donors (Lipinski definition) is 0. The van der Waals surface area contributed by atoms with Gasteiger partial charge in [0.05, 0.1) is 17.5 Å². The van der Waals surface area contributed by atoms with Crippen LogP contribution in [0.15, 0.2) is 41.3 Å². The molecule has 1 aromatic rings. The summed E-state index contributed by atoms with van der Waals surface area (Å²) < 4.78 is 32.0. The molecule has 3 atom stereocenters. The Hall–Kier alpha value is -2.15. The average molecular weight is 363 g/mol. The first-order chi connectivity index (χ1) is 11.9. The number of amides is 1. The molecule has 0 unspecified atom stereocenters. The first kappa shape index (κ1) is 17.7. The molecule has 1 amide bonds. The van der Waals surface area contributed by atoms with E-state index in [4.69, 9.17) is 4.74 Å². The first-order valence-electron chi connectivity index (χ1n) is 8.36. The Balaban J connectivity index is 2.03. The molecule has 2 aliphatic rings. The summed E-state index contributed by atoms with van der Waals surface area (Å²) in [5, 5.41) is 0. The van der Waals surface area contributed by atoms with Crippen molar-refractivity contribution in [2.24, 2.45) is 11.8 Å². The van der Waals surface area contributed by atoms with E-state index < -0.39 is 33.9 Å². The van der Waals surface area contributed by atoms with Crippen LogP contribution in [0.5, 0.6) is 0 Å². The van der Waals surface area contributed by atoms with Gasteiger partial charge in [-0.15, -0.1) is 0 Å². The topological polar surface area (TPSA) is 80.8 Å². The van der Waals surface area contributed by atoms with Crippen LogP contribution in [-0.2, 0) is 24.3 Å². The number of ether oxygens (including phenoxy) is 1. The van der Waals surface area contributed by atoms with Crippen LogP contribution in [0.1, 0.15) is 25.3 Å². The number of benzene rings is 1. The maximum atomic E-state index is 13.1. The molecule has 134 valence electrons. The fourth-order valence-corrected chi connectivity index (χ4v) is 5.14. The Morgan fingerprint density at radius 1 is 1.28 bits per heavy atom. The quantitative estimate of drug-likeness (QED) is 0.465. The van der Waals surface area contributed by atoms with E-state index in [0.29, 0.717) is 12.8 Å². The number of esters is 1. The molecule has 1 saturated heterocycles. The molecule has 7 heteroatoms. The molecule has 0 radical (unpaired) electrons. The molecule has 0 N–H and O–H groups in total. The average Bonchev–Trinajstić information content (AvgIpc) is 2.88. The molecule has 1 aromatic carbocycles. The SMILES string of the molecule is CCOC(=O)[C@@H]1C(=O)N(S(=O)(=O)c2ccc(C)cc2)[C@@H]2C=CCC[C@H]12. The Labute approximate surface area is 147 Å². The van der Waals surface area contributed by atoms with Gasteiger partial charge in [0.1, 0.15) is 5.92 Å². The van der Waals surface area contributed by atoms with Gasteiger partial charge in [0, 0.05) is 5.92 Å². The summed E-state index contributed by atoms with van der Waals surface area (Å²) in [6.45, 7) is 3.67. The smallest absolute Gasteiger partial charge is 0.318 e. The van der Waals surface area contributed by atoms with Crippen LogP contribution in [0.3, 0.4) is 0 Å². The van der Waals surface area contributed by atoms with E-state index in [0.717, 1.165) is 9.87 Å². The van der Waals surface area contributed by atoms with E-state index in [2.05, 4.69) is 0 Å². The van der Waals surface area contributed by atoms with Gasteiger partial charge in [-0.25, -0.2) is 12.7 Å². The molecule has 6 nitrogen and oxygen atoms in total. The third kappa shape index (κ3) is 2.97. The zero-order valence-corrected chi connectivity index (χ0v) is 15.0. The minimum absolute atomic E-state index is 0.0497. The molecule has 1 aliphatic carbocycles. The molecule has 3 rings (SSSR count). The number of fused-ring (bicyclic) bond motifs is 1. The Bertz CT molecular complexity index is 812. The van der Waals surface area contributed by atoms with Crippen LogP contribution < -0.4 is 0 Å². The fourth-order valence-electron chi connectivity index (χ4n) is 3.53. The lowest BCUT2D eigenvalue weighted by Gasteiger charge is -2.27. The van der Waals surface area contributed by atoms with Crippen molar-refractivity contribution >= 4 is 21.9 Å². The number of nitrogens with zero attached hydrogens (tertiary/aromatic N) is 1. The Morgan fingerprint density at radius 3 is 2.60 bits per heavy atom. The minimum atomic E-state index is -4.03. The van der Waals surface area contributed by atoms with Crippen LogP contribution >= 0.6 is 0 Å². The number of allylic oxidation sites excluding steroid dienone is 1. The number of sulfonamides is 1. The minimum Gasteiger partial charge on any atom is -0.465 e. The van der Waals surface area contributed by atoms with Crippen molar-refractivity contribution < 1.29 is 22.7 Å². The van der Waals surface area contributed by atoms with Crippen LogP contribution in [0, 0.1) is 18.8 Å². The fraction of sp³-hybridized carbons (Fsp3) is 0.444. The van der Waals surface area contributed by atoms with Gasteiger partial charge < -0.3 is 4.74 Å². The Kier molecular flexibility index (Phi) is 4.69. The molecule has 25 heavy (non-hydrogen) atoms. The number of rotatable bonds is 4. The molecule has 0 aromatic heterocycles. The predicted molar refractivity (Wildman–Crippen MR) is 91.0 cm³/mol.